The van der Waals surface area contributed by atoms with E-state index in [2.05, 4.69) is 0 Å². The minimum Gasteiger partial charge on any atom is -0.492 e. The summed E-state index contributed by atoms with van der Waals surface area (Å²) in [6.45, 7) is 3.79. The summed E-state index contributed by atoms with van der Waals surface area (Å²) in [7, 11) is 0. The van der Waals surface area contributed by atoms with Crippen molar-refractivity contribution in [3.63, 3.8) is 0 Å². The van der Waals surface area contributed by atoms with Crippen LogP contribution in [0.4, 0.5) is 4.39 Å². The van der Waals surface area contributed by atoms with E-state index in [-0.39, 0.29) is 23.3 Å². The Bertz CT molecular complexity index is 1750. The number of hydrogen-bond donors (Lipinski definition) is 0. The van der Waals surface area contributed by atoms with E-state index in [4.69, 9.17) is 21.4 Å². The maximum Gasteiger partial charge on any atom is 0.271 e. The van der Waals surface area contributed by atoms with E-state index in [0.717, 1.165) is 10.6 Å². The molecule has 0 bridgehead atoms. The molecular formula is C32H24ClFN4O3. The largest absolute Gasteiger partial charge is 0.492 e. The highest BCUT2D eigenvalue weighted by Crippen LogP contribution is 2.35. The second kappa shape index (κ2) is 11.6. The molecule has 0 fully saturated rings. The zero-order valence-corrected chi connectivity index (χ0v) is 23.0. The molecule has 0 unspecified atom stereocenters. The molecule has 1 aromatic heterocycles. The molecule has 3 aromatic carbocycles. The van der Waals surface area contributed by atoms with E-state index in [1.807, 2.05) is 49.4 Å². The molecule has 41 heavy (non-hydrogen) atoms. The number of para-hydroxylation sites is 1. The van der Waals surface area contributed by atoms with Gasteiger partial charge in [-0.15, -0.1) is 0 Å². The van der Waals surface area contributed by atoms with Crippen LogP contribution in [0.25, 0.3) is 23.0 Å². The summed E-state index contributed by atoms with van der Waals surface area (Å²) >= 11 is 6.49. The van der Waals surface area contributed by atoms with E-state index in [1.165, 1.54) is 24.3 Å². The molecule has 2 heterocycles. The lowest BCUT2D eigenvalue weighted by molar-refractivity contribution is -0.141. The maximum absolute atomic E-state index is 13.7. The molecular weight excluding hydrogens is 543 g/mol. The molecule has 5 rings (SSSR count). The molecule has 0 N–H and O–H groups in total. The minimum atomic E-state index is -0.699. The number of hydrogen-bond acceptors (Lipinski definition) is 5. The molecule has 2 amide bonds. The number of imide groups is 1. The first-order valence-electron chi connectivity index (χ1n) is 12.8. The number of aromatic nitrogens is 2. The number of carbonyl (C=O) groups excluding carboxylic acids is 2. The first-order valence-corrected chi connectivity index (χ1v) is 13.2. The van der Waals surface area contributed by atoms with Crippen molar-refractivity contribution in [1.82, 2.24) is 14.7 Å². The monoisotopic (exact) mass is 566 g/mol. The Morgan fingerprint density at radius 3 is 2.44 bits per heavy atom. The van der Waals surface area contributed by atoms with Crippen LogP contribution >= 0.6 is 11.6 Å². The summed E-state index contributed by atoms with van der Waals surface area (Å²) in [5.41, 5.74) is 3.44. The van der Waals surface area contributed by atoms with E-state index >= 15 is 0 Å². The second-order valence-electron chi connectivity index (χ2n) is 9.28. The quantitative estimate of drug-likeness (QED) is 0.188. The van der Waals surface area contributed by atoms with Crippen molar-refractivity contribution in [2.75, 3.05) is 6.61 Å². The molecule has 1 aliphatic rings. The van der Waals surface area contributed by atoms with Gasteiger partial charge in [0.05, 0.1) is 23.9 Å². The third-order valence-electron chi connectivity index (χ3n) is 6.65. The van der Waals surface area contributed by atoms with Crippen LogP contribution in [0.5, 0.6) is 5.75 Å². The van der Waals surface area contributed by atoms with Gasteiger partial charge in [0.2, 0.25) is 0 Å². The Hall–Kier alpha value is -5.00. The number of ether oxygens (including phenoxy) is 1. The van der Waals surface area contributed by atoms with Gasteiger partial charge >= 0.3 is 0 Å². The van der Waals surface area contributed by atoms with Gasteiger partial charge in [-0.3, -0.25) is 14.5 Å². The fraction of sp³-hybridized carbons (Fsp3) is 0.125. The Morgan fingerprint density at radius 1 is 1.05 bits per heavy atom. The number of halogens is 2. The summed E-state index contributed by atoms with van der Waals surface area (Å²) in [5, 5.41) is 15.0. The van der Waals surface area contributed by atoms with Crippen molar-refractivity contribution >= 4 is 29.5 Å². The maximum atomic E-state index is 13.7. The van der Waals surface area contributed by atoms with Gasteiger partial charge in [0, 0.05) is 22.9 Å². The van der Waals surface area contributed by atoms with Crippen LogP contribution in [-0.2, 0) is 16.1 Å². The average molecular weight is 567 g/mol. The highest BCUT2D eigenvalue weighted by atomic mass is 35.5. The summed E-state index contributed by atoms with van der Waals surface area (Å²) in [5.74, 6) is -1.17. The number of rotatable bonds is 7. The normalized spacial score (nSPS) is 14.5. The van der Waals surface area contributed by atoms with Crippen LogP contribution < -0.4 is 4.74 Å². The van der Waals surface area contributed by atoms with Gasteiger partial charge in [0.15, 0.2) is 0 Å². The standard InChI is InChI=1S/C32H24ClFN4O3/c1-3-41-29-14-11-22(16-28(29)33)30-23(19-38(36-30)25-7-5-4-6-8-25)15-26-20(2)27(17-35)32(40)37(31(26)39)18-21-9-12-24(34)13-10-21/h4-16,19H,3,18H2,1-2H3/b26-15+. The summed E-state index contributed by atoms with van der Waals surface area (Å²) < 4.78 is 20.7. The van der Waals surface area contributed by atoms with Gasteiger partial charge in [-0.05, 0) is 73.5 Å². The number of amides is 2. The molecule has 204 valence electrons. The molecule has 0 saturated heterocycles. The fourth-order valence-electron chi connectivity index (χ4n) is 4.55. The number of benzene rings is 3. The van der Waals surface area contributed by atoms with Crippen LogP contribution in [-0.4, -0.2) is 33.1 Å². The molecule has 0 radical (unpaired) electrons. The zero-order valence-electron chi connectivity index (χ0n) is 22.3. The number of carbonyl (C=O) groups is 2. The highest BCUT2D eigenvalue weighted by Gasteiger charge is 2.35. The topological polar surface area (TPSA) is 88.2 Å². The lowest BCUT2D eigenvalue weighted by Crippen LogP contribution is -2.42. The Labute approximate surface area is 241 Å². The Balaban J connectivity index is 1.64. The van der Waals surface area contributed by atoms with Crippen LogP contribution in [0.1, 0.15) is 25.0 Å². The average Bonchev–Trinajstić information content (AvgIpc) is 3.40. The summed E-state index contributed by atoms with van der Waals surface area (Å²) in [6.07, 6.45) is 3.40. The molecule has 0 spiro atoms. The van der Waals surface area contributed by atoms with Crippen LogP contribution in [0.15, 0.2) is 95.7 Å². The lowest BCUT2D eigenvalue weighted by Gasteiger charge is -2.27. The predicted octanol–water partition coefficient (Wildman–Crippen LogP) is 6.52. The zero-order chi connectivity index (χ0) is 29.1. The third-order valence-corrected chi connectivity index (χ3v) is 6.94. The van der Waals surface area contributed by atoms with Gasteiger partial charge in [0.25, 0.3) is 11.8 Å². The lowest BCUT2D eigenvalue weighted by atomic mass is 9.93. The van der Waals surface area contributed by atoms with Gasteiger partial charge < -0.3 is 4.74 Å². The number of nitrogens with zero attached hydrogens (tertiary/aromatic N) is 4. The van der Waals surface area contributed by atoms with Crippen molar-refractivity contribution in [2.45, 2.75) is 20.4 Å². The van der Waals surface area contributed by atoms with Crippen molar-refractivity contribution in [1.29, 1.82) is 5.26 Å². The van der Waals surface area contributed by atoms with E-state index in [1.54, 1.807) is 36.0 Å². The van der Waals surface area contributed by atoms with Crippen molar-refractivity contribution in [3.8, 4) is 28.8 Å². The van der Waals surface area contributed by atoms with Gasteiger partial charge in [0.1, 0.15) is 28.9 Å². The molecule has 0 atom stereocenters. The van der Waals surface area contributed by atoms with Crippen molar-refractivity contribution in [2.24, 2.45) is 0 Å². The van der Waals surface area contributed by atoms with Gasteiger partial charge in [-0.2, -0.15) is 10.4 Å². The van der Waals surface area contributed by atoms with E-state index in [0.29, 0.717) is 39.8 Å². The minimum absolute atomic E-state index is 0.113. The van der Waals surface area contributed by atoms with E-state index in [9.17, 15) is 19.2 Å². The molecule has 9 heteroatoms. The first kappa shape index (κ1) is 27.6. The summed E-state index contributed by atoms with van der Waals surface area (Å²) in [4.78, 5) is 27.9. The van der Waals surface area contributed by atoms with Gasteiger partial charge in [-0.25, -0.2) is 9.07 Å². The van der Waals surface area contributed by atoms with Crippen LogP contribution in [0, 0.1) is 17.1 Å². The predicted molar refractivity (Wildman–Crippen MR) is 153 cm³/mol. The van der Waals surface area contributed by atoms with Crippen LogP contribution in [0.2, 0.25) is 5.02 Å². The van der Waals surface area contributed by atoms with Gasteiger partial charge in [-0.1, -0.05) is 41.9 Å². The van der Waals surface area contributed by atoms with Crippen molar-refractivity contribution < 1.29 is 18.7 Å². The smallest absolute Gasteiger partial charge is 0.271 e. The molecule has 1 aliphatic heterocycles. The molecule has 0 saturated carbocycles. The number of nitriles is 1. The molecule has 4 aromatic rings. The SMILES string of the molecule is CCOc1ccc(-c2nn(-c3ccccc3)cc2/C=C2/C(=O)N(Cc3ccc(F)cc3)C(=O)C(C#N)=C2C)cc1Cl. The van der Waals surface area contributed by atoms with Crippen LogP contribution in [0.3, 0.4) is 0 Å². The second-order valence-corrected chi connectivity index (χ2v) is 9.69. The summed E-state index contributed by atoms with van der Waals surface area (Å²) in [6, 6.07) is 22.2. The molecule has 0 aliphatic carbocycles. The highest BCUT2D eigenvalue weighted by molar-refractivity contribution is 6.32. The van der Waals surface area contributed by atoms with E-state index < -0.39 is 17.6 Å². The van der Waals surface area contributed by atoms with Crippen molar-refractivity contribution in [3.05, 3.63) is 118 Å². The Morgan fingerprint density at radius 2 is 1.78 bits per heavy atom. The third kappa shape index (κ3) is 5.53. The Kier molecular flexibility index (Phi) is 7.81. The first-order chi connectivity index (χ1) is 19.8. The molecule has 7 nitrogen and oxygen atoms in total. The fourth-order valence-corrected chi connectivity index (χ4v) is 4.79.